The maximum atomic E-state index is 13.4. The van der Waals surface area contributed by atoms with Crippen LogP contribution in [0.4, 0.5) is 5.69 Å². The summed E-state index contributed by atoms with van der Waals surface area (Å²) in [6, 6.07) is 20.3. The molecular formula is C27H21ClN2O4. The van der Waals surface area contributed by atoms with Crippen LogP contribution in [0.5, 0.6) is 5.75 Å². The molecular weight excluding hydrogens is 452 g/mol. The van der Waals surface area contributed by atoms with E-state index in [2.05, 4.69) is 4.98 Å². The van der Waals surface area contributed by atoms with Crippen LogP contribution in [0, 0.1) is 0 Å². The van der Waals surface area contributed by atoms with E-state index in [1.165, 1.54) is 4.90 Å². The number of ketones is 1. The third-order valence-corrected chi connectivity index (χ3v) is 6.10. The standard InChI is InChI=1S/C27H21ClN2O4/c1-2-34-19-10-6-9-18(14-19)30-24(21-15-29-22-12-4-3-11-20(21)22)23(26(32)27(30)33)25(31)16-7-5-8-17(28)13-16/h3-15,24,29,31H,2H2,1H3/b25-23+. The van der Waals surface area contributed by atoms with Crippen molar-refractivity contribution in [2.45, 2.75) is 13.0 Å². The van der Waals surface area contributed by atoms with Crippen LogP contribution in [-0.2, 0) is 9.59 Å². The average molecular weight is 473 g/mol. The maximum Gasteiger partial charge on any atom is 0.300 e. The number of para-hydroxylation sites is 1. The fraction of sp³-hybridized carbons (Fsp3) is 0.111. The van der Waals surface area contributed by atoms with Crippen LogP contribution in [0.3, 0.4) is 0 Å². The molecule has 4 aromatic rings. The molecule has 1 aromatic heterocycles. The van der Waals surface area contributed by atoms with Crippen molar-refractivity contribution in [3.8, 4) is 5.75 Å². The van der Waals surface area contributed by atoms with Crippen LogP contribution in [0.2, 0.25) is 5.02 Å². The monoisotopic (exact) mass is 472 g/mol. The summed E-state index contributed by atoms with van der Waals surface area (Å²) in [5.41, 5.74) is 2.40. The number of benzene rings is 3. The molecule has 1 unspecified atom stereocenters. The second-order valence-electron chi connectivity index (χ2n) is 7.90. The van der Waals surface area contributed by atoms with E-state index in [0.29, 0.717) is 34.2 Å². The number of Topliss-reactive ketones (excluding diaryl/α,β-unsaturated/α-hetero) is 1. The number of fused-ring (bicyclic) bond motifs is 1. The van der Waals surface area contributed by atoms with Gasteiger partial charge in [0, 0.05) is 45.0 Å². The number of aromatic amines is 1. The summed E-state index contributed by atoms with van der Waals surface area (Å²) in [6.07, 6.45) is 1.77. The Kier molecular flexibility index (Phi) is 5.59. The predicted octanol–water partition coefficient (Wildman–Crippen LogP) is 5.85. The molecule has 0 bridgehead atoms. The summed E-state index contributed by atoms with van der Waals surface area (Å²) in [6.45, 7) is 2.33. The van der Waals surface area contributed by atoms with Crippen molar-refractivity contribution in [3.05, 3.63) is 101 Å². The lowest BCUT2D eigenvalue weighted by Crippen LogP contribution is -2.29. The van der Waals surface area contributed by atoms with Crippen LogP contribution in [0.25, 0.3) is 16.7 Å². The van der Waals surface area contributed by atoms with Gasteiger partial charge in [-0.05, 0) is 37.3 Å². The second-order valence-corrected chi connectivity index (χ2v) is 8.34. The van der Waals surface area contributed by atoms with Gasteiger partial charge in [-0.2, -0.15) is 0 Å². The number of amides is 1. The number of carbonyl (C=O) groups excluding carboxylic acids is 2. The van der Waals surface area contributed by atoms with Gasteiger partial charge >= 0.3 is 0 Å². The number of aromatic nitrogens is 1. The Labute approximate surface area is 201 Å². The van der Waals surface area contributed by atoms with Crippen LogP contribution in [0.1, 0.15) is 24.1 Å². The highest BCUT2D eigenvalue weighted by Crippen LogP contribution is 2.44. The Morgan fingerprint density at radius 2 is 1.85 bits per heavy atom. The van der Waals surface area contributed by atoms with Crippen molar-refractivity contribution >= 4 is 45.6 Å². The molecule has 2 N–H and O–H groups in total. The van der Waals surface area contributed by atoms with E-state index in [4.69, 9.17) is 16.3 Å². The normalized spacial score (nSPS) is 17.5. The zero-order chi connectivity index (χ0) is 23.8. The molecule has 1 aliphatic heterocycles. The minimum atomic E-state index is -0.855. The van der Waals surface area contributed by atoms with Gasteiger partial charge in [0.15, 0.2) is 0 Å². The summed E-state index contributed by atoms with van der Waals surface area (Å²) in [5.74, 6) is -1.20. The number of nitrogens with zero attached hydrogens (tertiary/aromatic N) is 1. The van der Waals surface area contributed by atoms with Gasteiger partial charge in [-0.3, -0.25) is 14.5 Å². The number of halogens is 1. The molecule has 5 rings (SSSR count). The van der Waals surface area contributed by atoms with Crippen molar-refractivity contribution < 1.29 is 19.4 Å². The van der Waals surface area contributed by atoms with Gasteiger partial charge in [-0.1, -0.05) is 48.0 Å². The molecule has 1 aliphatic rings. The largest absolute Gasteiger partial charge is 0.507 e. The van der Waals surface area contributed by atoms with E-state index in [9.17, 15) is 14.7 Å². The van der Waals surface area contributed by atoms with E-state index in [-0.39, 0.29) is 11.3 Å². The van der Waals surface area contributed by atoms with Gasteiger partial charge in [0.1, 0.15) is 11.5 Å². The number of ether oxygens (including phenoxy) is 1. The molecule has 2 heterocycles. The number of hydrogen-bond donors (Lipinski definition) is 2. The Hall–Kier alpha value is -4.03. The first-order valence-corrected chi connectivity index (χ1v) is 11.2. The summed E-state index contributed by atoms with van der Waals surface area (Å²) in [5, 5.41) is 12.5. The molecule has 1 fully saturated rings. The summed E-state index contributed by atoms with van der Waals surface area (Å²) in [4.78, 5) is 31.4. The minimum absolute atomic E-state index is 0.00108. The number of H-pyrrole nitrogens is 1. The van der Waals surface area contributed by atoms with E-state index in [0.717, 1.165) is 10.9 Å². The van der Waals surface area contributed by atoms with Crippen LogP contribution in [-0.4, -0.2) is 28.4 Å². The number of anilines is 1. The summed E-state index contributed by atoms with van der Waals surface area (Å²) in [7, 11) is 0. The van der Waals surface area contributed by atoms with Gasteiger partial charge in [-0.25, -0.2) is 0 Å². The first kappa shape index (κ1) is 21.8. The lowest BCUT2D eigenvalue weighted by molar-refractivity contribution is -0.132. The van der Waals surface area contributed by atoms with E-state index in [1.54, 1.807) is 54.7 Å². The summed E-state index contributed by atoms with van der Waals surface area (Å²) < 4.78 is 5.62. The maximum absolute atomic E-state index is 13.4. The third-order valence-electron chi connectivity index (χ3n) is 5.87. The highest BCUT2D eigenvalue weighted by molar-refractivity contribution is 6.52. The number of nitrogens with one attached hydrogen (secondary N) is 1. The van der Waals surface area contributed by atoms with Crippen molar-refractivity contribution in [2.24, 2.45) is 0 Å². The Balaban J connectivity index is 1.76. The van der Waals surface area contributed by atoms with Crippen LogP contribution >= 0.6 is 11.6 Å². The lowest BCUT2D eigenvalue weighted by Gasteiger charge is -2.25. The highest BCUT2D eigenvalue weighted by atomic mass is 35.5. The smallest absolute Gasteiger partial charge is 0.300 e. The topological polar surface area (TPSA) is 82.6 Å². The molecule has 170 valence electrons. The number of rotatable bonds is 5. The number of hydrogen-bond acceptors (Lipinski definition) is 4. The zero-order valence-electron chi connectivity index (χ0n) is 18.3. The number of aliphatic hydroxyl groups is 1. The van der Waals surface area contributed by atoms with Crippen molar-refractivity contribution in [1.29, 1.82) is 0 Å². The lowest BCUT2D eigenvalue weighted by atomic mass is 9.94. The molecule has 1 amide bonds. The minimum Gasteiger partial charge on any atom is -0.507 e. The SMILES string of the molecule is CCOc1cccc(N2C(=O)C(=O)/C(=C(/O)c3cccc(Cl)c3)C2c2c[nH]c3ccccc23)c1. The molecule has 0 spiro atoms. The van der Waals surface area contributed by atoms with Gasteiger partial charge in [0.05, 0.1) is 18.2 Å². The van der Waals surface area contributed by atoms with Crippen LogP contribution in [0.15, 0.2) is 84.6 Å². The third kappa shape index (κ3) is 3.62. The molecule has 6 nitrogen and oxygen atoms in total. The number of carbonyl (C=O) groups is 2. The fourth-order valence-corrected chi connectivity index (χ4v) is 4.58. The van der Waals surface area contributed by atoms with Crippen molar-refractivity contribution in [1.82, 2.24) is 4.98 Å². The van der Waals surface area contributed by atoms with Crippen LogP contribution < -0.4 is 9.64 Å². The van der Waals surface area contributed by atoms with E-state index in [1.807, 2.05) is 31.2 Å². The Morgan fingerprint density at radius 3 is 2.65 bits per heavy atom. The van der Waals surface area contributed by atoms with E-state index >= 15 is 0 Å². The molecule has 1 saturated heterocycles. The highest BCUT2D eigenvalue weighted by Gasteiger charge is 2.47. The molecule has 7 heteroatoms. The van der Waals surface area contributed by atoms with Crippen molar-refractivity contribution in [3.63, 3.8) is 0 Å². The Bertz CT molecular complexity index is 1460. The molecule has 0 aliphatic carbocycles. The first-order valence-electron chi connectivity index (χ1n) is 10.9. The number of aliphatic hydroxyl groups excluding tert-OH is 1. The molecule has 0 saturated carbocycles. The Morgan fingerprint density at radius 1 is 1.06 bits per heavy atom. The molecule has 34 heavy (non-hydrogen) atoms. The average Bonchev–Trinajstić information content (AvgIpc) is 3.37. The van der Waals surface area contributed by atoms with Gasteiger partial charge in [0.2, 0.25) is 0 Å². The predicted molar refractivity (Wildman–Crippen MR) is 132 cm³/mol. The van der Waals surface area contributed by atoms with Gasteiger partial charge in [-0.15, -0.1) is 0 Å². The van der Waals surface area contributed by atoms with Gasteiger partial charge < -0.3 is 14.8 Å². The van der Waals surface area contributed by atoms with Gasteiger partial charge in [0.25, 0.3) is 11.7 Å². The molecule has 1 atom stereocenters. The molecule has 3 aromatic carbocycles. The molecule has 0 radical (unpaired) electrons. The van der Waals surface area contributed by atoms with E-state index < -0.39 is 17.7 Å². The summed E-state index contributed by atoms with van der Waals surface area (Å²) >= 11 is 6.13. The first-order chi connectivity index (χ1) is 16.5. The van der Waals surface area contributed by atoms with Crippen molar-refractivity contribution in [2.75, 3.05) is 11.5 Å². The zero-order valence-corrected chi connectivity index (χ0v) is 19.0. The fourth-order valence-electron chi connectivity index (χ4n) is 4.39. The quantitative estimate of drug-likeness (QED) is 0.217. The second kappa shape index (κ2) is 8.72.